The first kappa shape index (κ1) is 10.6. The molecule has 0 N–H and O–H groups in total. The zero-order valence-corrected chi connectivity index (χ0v) is 9.84. The molecule has 1 aliphatic heterocycles. The van der Waals surface area contributed by atoms with Crippen molar-refractivity contribution in [3.8, 4) is 0 Å². The zero-order chi connectivity index (χ0) is 11.5. The Morgan fingerprint density at radius 3 is 1.65 bits per heavy atom. The van der Waals surface area contributed by atoms with Crippen LogP contribution in [-0.2, 0) is 0 Å². The fourth-order valence-corrected chi connectivity index (χ4v) is 2.48. The van der Waals surface area contributed by atoms with Crippen LogP contribution in [0.25, 0.3) is 0 Å². The van der Waals surface area contributed by atoms with Crippen LogP contribution in [0.5, 0.6) is 0 Å². The van der Waals surface area contributed by atoms with E-state index in [0.717, 1.165) is 0 Å². The third kappa shape index (κ3) is 2.12. The second-order valence-electron chi connectivity index (χ2n) is 4.57. The summed E-state index contributed by atoms with van der Waals surface area (Å²) in [5, 5.41) is 1.57. The second kappa shape index (κ2) is 4.75. The molecule has 2 aromatic carbocycles. The quantitative estimate of drug-likeness (QED) is 0.691. The molecule has 0 aromatic heterocycles. The van der Waals surface area contributed by atoms with Gasteiger partial charge in [0.15, 0.2) is 0 Å². The van der Waals surface area contributed by atoms with Crippen molar-refractivity contribution in [3.63, 3.8) is 0 Å². The summed E-state index contributed by atoms with van der Waals surface area (Å²) in [4.78, 5) is 0. The summed E-state index contributed by atoms with van der Waals surface area (Å²) in [5.74, 6) is 0.464. The normalized spacial score (nSPS) is 13.4. The monoisotopic (exact) mass is 216 g/mol. The summed E-state index contributed by atoms with van der Waals surface area (Å²) in [7, 11) is 1.24. The predicted molar refractivity (Wildman–Crippen MR) is 77.4 cm³/mol. The summed E-state index contributed by atoms with van der Waals surface area (Å²) >= 11 is 0. The number of hydrogen-bond acceptors (Lipinski definition) is 0. The first-order valence-corrected chi connectivity index (χ1v) is 6.24. The Kier molecular flexibility index (Phi) is 2.96. The van der Waals surface area contributed by atoms with Crippen molar-refractivity contribution in [2.75, 3.05) is 0 Å². The van der Waals surface area contributed by atoms with Gasteiger partial charge >= 0.3 is 103 Å². The molecule has 0 saturated carbocycles. The Morgan fingerprint density at radius 2 is 1.29 bits per heavy atom. The van der Waals surface area contributed by atoms with E-state index in [4.69, 9.17) is 0 Å². The van der Waals surface area contributed by atoms with Gasteiger partial charge in [-0.15, -0.1) is 0 Å². The van der Waals surface area contributed by atoms with Crippen LogP contribution in [0.3, 0.4) is 0 Å². The van der Waals surface area contributed by atoms with Gasteiger partial charge in [0.1, 0.15) is 0 Å². The van der Waals surface area contributed by atoms with E-state index in [0.29, 0.717) is 5.92 Å². The number of benzene rings is 2. The topological polar surface area (TPSA) is 0 Å². The zero-order valence-electron chi connectivity index (χ0n) is 9.84. The van der Waals surface area contributed by atoms with Crippen LogP contribution in [0.1, 0.15) is 17.0 Å². The van der Waals surface area contributed by atoms with Crippen LogP contribution < -0.4 is 0 Å². The number of rotatable bonds is 3. The fraction of sp³-hybridized carbons (Fsp3) is 0.133. The van der Waals surface area contributed by atoms with Gasteiger partial charge in [0.25, 0.3) is 0 Å². The van der Waals surface area contributed by atoms with Crippen LogP contribution >= 0.6 is 0 Å². The van der Waals surface area contributed by atoms with Gasteiger partial charge in [-0.05, 0) is 0 Å². The molecule has 2 heteroatoms. The van der Waals surface area contributed by atoms with Crippen molar-refractivity contribution in [2.45, 2.75) is 12.1 Å². The molecule has 2 aromatic rings. The van der Waals surface area contributed by atoms with Crippen molar-refractivity contribution in [2.24, 2.45) is 0 Å². The van der Waals surface area contributed by atoms with E-state index in [2.05, 4.69) is 67.6 Å². The molecule has 17 heavy (non-hydrogen) atoms. The Hall–Kier alpha value is -1.56. The average Bonchev–Trinajstić information content (AvgIpc) is 2.36. The van der Waals surface area contributed by atoms with E-state index >= 15 is 0 Å². The average molecular weight is 216 g/mol. The molecule has 1 heterocycles. The molecule has 0 spiro atoms. The summed E-state index contributed by atoms with van der Waals surface area (Å²) < 4.78 is 0. The predicted octanol–water partition coefficient (Wildman–Crippen LogP) is 2.48. The number of hydrogen-bond donors (Lipinski definition) is 0. The molecular formula is C15H14B2. The van der Waals surface area contributed by atoms with Gasteiger partial charge in [0, 0.05) is 0 Å². The van der Waals surface area contributed by atoms with Crippen molar-refractivity contribution in [3.05, 3.63) is 71.8 Å². The van der Waals surface area contributed by atoms with Gasteiger partial charge in [0.05, 0.1) is 0 Å². The van der Waals surface area contributed by atoms with Gasteiger partial charge in [-0.25, -0.2) is 0 Å². The Labute approximate surface area is 104 Å². The Bertz CT molecular complexity index is 478. The molecular weight excluding hydrogens is 202 g/mol. The van der Waals surface area contributed by atoms with Crippen molar-refractivity contribution >= 4 is 19.6 Å². The standard InChI is InChI=1S/C15H14B2/c1-3-7-12(8-4-1)14(15-16-11-17-15)13-9-5-2-6-10-13/h1-10,14,16H,11H2. The minimum atomic E-state index is 0.464. The van der Waals surface area contributed by atoms with Gasteiger partial charge in [-0.3, -0.25) is 0 Å². The molecule has 0 fully saturated rings. The van der Waals surface area contributed by atoms with Crippen molar-refractivity contribution < 1.29 is 0 Å². The molecule has 80 valence electrons. The summed E-state index contributed by atoms with van der Waals surface area (Å²) in [6, 6.07) is 21.6. The molecule has 0 nitrogen and oxygen atoms in total. The molecule has 1 aliphatic rings. The molecule has 0 bridgehead atoms. The van der Waals surface area contributed by atoms with Crippen LogP contribution in [0, 0.1) is 0 Å². The van der Waals surface area contributed by atoms with E-state index in [9.17, 15) is 0 Å². The molecule has 0 amide bonds. The van der Waals surface area contributed by atoms with E-state index in [1.807, 2.05) is 0 Å². The maximum atomic E-state index is 2.38. The third-order valence-electron chi connectivity index (χ3n) is 3.48. The van der Waals surface area contributed by atoms with Crippen molar-refractivity contribution in [1.29, 1.82) is 0 Å². The molecule has 0 radical (unpaired) electrons. The van der Waals surface area contributed by atoms with Crippen LogP contribution in [0.4, 0.5) is 0 Å². The first-order valence-electron chi connectivity index (χ1n) is 6.24. The molecule has 0 unspecified atom stereocenters. The van der Waals surface area contributed by atoms with Gasteiger partial charge < -0.3 is 0 Å². The summed E-state index contributed by atoms with van der Waals surface area (Å²) in [5.41, 5.74) is 2.81. The van der Waals surface area contributed by atoms with E-state index in [1.54, 1.807) is 5.36 Å². The third-order valence-corrected chi connectivity index (χ3v) is 3.48. The molecule has 0 aliphatic carbocycles. The van der Waals surface area contributed by atoms with Gasteiger partial charge in [-0.1, -0.05) is 0 Å². The SMILES string of the molecule is B1=C(C(c2ccccc2)c2ccccc2)BC1. The maximum absolute atomic E-state index is 2.38. The first-order chi connectivity index (χ1) is 8.45. The van der Waals surface area contributed by atoms with Crippen LogP contribution in [0.2, 0.25) is 6.22 Å². The summed E-state index contributed by atoms with van der Waals surface area (Å²) in [6.07, 6.45) is 1.24. The van der Waals surface area contributed by atoms with E-state index < -0.39 is 0 Å². The fourth-order valence-electron chi connectivity index (χ4n) is 2.48. The van der Waals surface area contributed by atoms with Crippen LogP contribution in [-0.4, -0.2) is 19.6 Å². The van der Waals surface area contributed by atoms with Gasteiger partial charge in [-0.2, -0.15) is 0 Å². The molecule has 0 saturated heterocycles. The molecule has 0 atom stereocenters. The van der Waals surface area contributed by atoms with E-state index in [1.165, 1.54) is 24.6 Å². The second-order valence-corrected chi connectivity index (χ2v) is 4.57. The Balaban J connectivity index is 2.04. The van der Waals surface area contributed by atoms with E-state index in [-0.39, 0.29) is 0 Å². The van der Waals surface area contributed by atoms with Gasteiger partial charge in [0.2, 0.25) is 0 Å². The van der Waals surface area contributed by atoms with Crippen LogP contribution in [0.15, 0.2) is 60.7 Å². The minimum absolute atomic E-state index is 0.464. The Morgan fingerprint density at radius 1 is 0.824 bits per heavy atom. The summed E-state index contributed by atoms with van der Waals surface area (Å²) in [6.45, 7) is 2.38. The molecule has 3 rings (SSSR count). The van der Waals surface area contributed by atoms with Crippen molar-refractivity contribution in [1.82, 2.24) is 0 Å².